The number of amides is 1. The molecule has 2 atom stereocenters. The van der Waals surface area contributed by atoms with Gasteiger partial charge >= 0.3 is 6.09 Å². The fourth-order valence-corrected chi connectivity index (χ4v) is 3.24. The lowest BCUT2D eigenvalue weighted by Crippen LogP contribution is -2.62. The zero-order valence-electron chi connectivity index (χ0n) is 17.0. The summed E-state index contributed by atoms with van der Waals surface area (Å²) < 4.78 is 16.3. The molecule has 2 unspecified atom stereocenters. The predicted molar refractivity (Wildman–Crippen MR) is 105 cm³/mol. The highest BCUT2D eigenvalue weighted by Gasteiger charge is 2.41. The van der Waals surface area contributed by atoms with E-state index in [9.17, 15) is 4.79 Å². The molecule has 0 aliphatic carbocycles. The third-order valence-corrected chi connectivity index (χ3v) is 4.52. The van der Waals surface area contributed by atoms with Gasteiger partial charge < -0.3 is 24.4 Å². The Balaban J connectivity index is 1.83. The van der Waals surface area contributed by atoms with Crippen LogP contribution < -0.4 is 19.7 Å². The Labute approximate surface area is 165 Å². The highest BCUT2D eigenvalue weighted by molar-refractivity contribution is 5.82. The number of piperazine rings is 1. The Bertz CT molecular complexity index is 734. The first-order chi connectivity index (χ1) is 13.3. The molecule has 28 heavy (non-hydrogen) atoms. The van der Waals surface area contributed by atoms with Gasteiger partial charge in [-0.05, 0) is 32.9 Å². The molecular weight excluding hydrogens is 364 g/mol. The highest BCUT2D eigenvalue weighted by atomic mass is 16.7. The van der Waals surface area contributed by atoms with Gasteiger partial charge in [0.25, 0.3) is 0 Å². The van der Waals surface area contributed by atoms with Crippen LogP contribution in [0.4, 0.5) is 10.5 Å². The molecule has 1 amide bonds. The van der Waals surface area contributed by atoms with E-state index in [1.807, 2.05) is 43.9 Å². The van der Waals surface area contributed by atoms with Gasteiger partial charge in [0.2, 0.25) is 6.23 Å². The molecule has 3 rings (SSSR count). The van der Waals surface area contributed by atoms with Crippen molar-refractivity contribution in [2.24, 2.45) is 5.16 Å². The van der Waals surface area contributed by atoms with Gasteiger partial charge in [0.1, 0.15) is 18.0 Å². The second-order valence-electron chi connectivity index (χ2n) is 7.61. The summed E-state index contributed by atoms with van der Waals surface area (Å²) >= 11 is 0. The minimum Gasteiger partial charge on any atom is -0.493 e. The summed E-state index contributed by atoms with van der Waals surface area (Å²) in [5, 5.41) is 7.30. The number of rotatable bonds is 4. The molecule has 0 saturated carbocycles. The van der Waals surface area contributed by atoms with Gasteiger partial charge in [-0.2, -0.15) is 0 Å². The van der Waals surface area contributed by atoms with E-state index in [1.165, 1.54) is 0 Å². The molecule has 2 aliphatic rings. The Morgan fingerprint density at radius 2 is 2.00 bits per heavy atom. The van der Waals surface area contributed by atoms with Gasteiger partial charge in [0.15, 0.2) is 11.5 Å². The molecule has 1 aromatic carbocycles. The fourth-order valence-electron chi connectivity index (χ4n) is 3.24. The van der Waals surface area contributed by atoms with Crippen LogP contribution in [0.15, 0.2) is 23.4 Å². The van der Waals surface area contributed by atoms with Crippen LogP contribution in [0.2, 0.25) is 0 Å². The molecule has 9 heteroatoms. The number of hydrogen-bond acceptors (Lipinski definition) is 8. The Hall–Kier alpha value is -2.68. The van der Waals surface area contributed by atoms with Crippen molar-refractivity contribution in [2.75, 3.05) is 38.8 Å². The third-order valence-electron chi connectivity index (χ3n) is 4.52. The van der Waals surface area contributed by atoms with Crippen LogP contribution in [0, 0.1) is 0 Å². The fraction of sp³-hybridized carbons (Fsp3) is 0.579. The second-order valence-corrected chi connectivity index (χ2v) is 7.61. The van der Waals surface area contributed by atoms with Crippen LogP contribution in [-0.2, 0) is 9.57 Å². The lowest BCUT2D eigenvalue weighted by atomic mass is 10.1. The van der Waals surface area contributed by atoms with E-state index in [1.54, 1.807) is 25.5 Å². The van der Waals surface area contributed by atoms with E-state index >= 15 is 0 Å². The molecule has 1 N–H and O–H groups in total. The number of benzene rings is 1. The number of anilines is 1. The number of hydrogen-bond donors (Lipinski definition) is 1. The summed E-state index contributed by atoms with van der Waals surface area (Å²) in [7, 11) is 3.18. The average molecular weight is 392 g/mol. The molecule has 1 fully saturated rings. The van der Waals surface area contributed by atoms with Crippen LogP contribution in [0.3, 0.4) is 0 Å². The second kappa shape index (κ2) is 8.14. The van der Waals surface area contributed by atoms with Gasteiger partial charge in [-0.25, -0.2) is 4.79 Å². The maximum Gasteiger partial charge on any atom is 0.410 e. The van der Waals surface area contributed by atoms with Crippen LogP contribution in [0.1, 0.15) is 20.8 Å². The van der Waals surface area contributed by atoms with Crippen LogP contribution in [-0.4, -0.2) is 69.1 Å². The quantitative estimate of drug-likeness (QED) is 0.839. The van der Waals surface area contributed by atoms with E-state index in [0.717, 1.165) is 5.69 Å². The molecule has 0 bridgehead atoms. The number of nitrogens with zero attached hydrogens (tertiary/aromatic N) is 3. The molecule has 0 aromatic heterocycles. The number of ether oxygens (including phenoxy) is 3. The van der Waals surface area contributed by atoms with Crippen molar-refractivity contribution in [3.8, 4) is 11.5 Å². The van der Waals surface area contributed by atoms with Crippen molar-refractivity contribution < 1.29 is 23.8 Å². The number of methoxy groups -OCH3 is 2. The molecule has 2 heterocycles. The van der Waals surface area contributed by atoms with Gasteiger partial charge in [-0.1, -0.05) is 5.16 Å². The van der Waals surface area contributed by atoms with E-state index in [0.29, 0.717) is 31.1 Å². The summed E-state index contributed by atoms with van der Waals surface area (Å²) in [6, 6.07) is 5.28. The van der Waals surface area contributed by atoms with E-state index in [4.69, 9.17) is 19.0 Å². The molecule has 154 valence electrons. The maximum atomic E-state index is 12.7. The van der Waals surface area contributed by atoms with Gasteiger partial charge in [-0.3, -0.25) is 9.80 Å². The van der Waals surface area contributed by atoms with Crippen molar-refractivity contribution in [3.05, 3.63) is 18.2 Å². The van der Waals surface area contributed by atoms with Crippen LogP contribution >= 0.6 is 0 Å². The van der Waals surface area contributed by atoms with Gasteiger partial charge in [0.05, 0.1) is 14.2 Å². The van der Waals surface area contributed by atoms with Gasteiger partial charge in [-0.15, -0.1) is 0 Å². The van der Waals surface area contributed by atoms with Crippen LogP contribution in [0.25, 0.3) is 0 Å². The van der Waals surface area contributed by atoms with Crippen molar-refractivity contribution >= 4 is 18.1 Å². The number of carbonyl (C=O) groups excluding carboxylic acids is 1. The number of nitrogens with one attached hydrogen (secondary N) is 1. The molecule has 1 saturated heterocycles. The minimum absolute atomic E-state index is 0.279. The predicted octanol–water partition coefficient (Wildman–Crippen LogP) is 2.02. The lowest BCUT2D eigenvalue weighted by molar-refractivity contribution is -0.0255. The summed E-state index contributed by atoms with van der Waals surface area (Å²) in [6.07, 6.45) is 0.758. The third kappa shape index (κ3) is 4.24. The number of carbonyl (C=O) groups is 1. The number of oxime groups is 1. The summed E-state index contributed by atoms with van der Waals surface area (Å²) in [5.41, 5.74) is 0.251. The largest absolute Gasteiger partial charge is 0.493 e. The van der Waals surface area contributed by atoms with Crippen molar-refractivity contribution in [3.63, 3.8) is 0 Å². The molecule has 0 radical (unpaired) electrons. The van der Waals surface area contributed by atoms with Crippen LogP contribution in [0.5, 0.6) is 11.5 Å². The maximum absolute atomic E-state index is 12.7. The molecule has 0 spiro atoms. The monoisotopic (exact) mass is 392 g/mol. The minimum atomic E-state index is -0.567. The zero-order chi connectivity index (χ0) is 20.3. The standard InChI is InChI=1S/C19H28N4O5/c1-19(2,3)27-18(24)22-9-8-20-11-14(22)17-23(12-21-28-17)13-6-7-15(25-4)16(10-13)26-5/h6-7,10,12,14,17,20H,8-9,11H2,1-5H3. The Morgan fingerprint density at radius 1 is 1.25 bits per heavy atom. The first-order valence-corrected chi connectivity index (χ1v) is 9.24. The van der Waals surface area contributed by atoms with Crippen molar-refractivity contribution in [1.82, 2.24) is 10.2 Å². The molecule has 9 nitrogen and oxygen atoms in total. The smallest absolute Gasteiger partial charge is 0.410 e. The van der Waals surface area contributed by atoms with Gasteiger partial charge in [0, 0.05) is 31.4 Å². The average Bonchev–Trinajstić information content (AvgIpc) is 3.15. The Kier molecular flexibility index (Phi) is 5.83. The summed E-state index contributed by atoms with van der Waals surface area (Å²) in [5.74, 6) is 1.24. The van der Waals surface area contributed by atoms with E-state index in [2.05, 4.69) is 10.5 Å². The van der Waals surface area contributed by atoms with E-state index in [-0.39, 0.29) is 12.1 Å². The Morgan fingerprint density at radius 3 is 2.68 bits per heavy atom. The summed E-state index contributed by atoms with van der Waals surface area (Å²) in [4.78, 5) is 21.9. The zero-order valence-corrected chi connectivity index (χ0v) is 17.0. The molecule has 2 aliphatic heterocycles. The SMILES string of the molecule is COc1ccc(N2C=NOC2C2CNCCN2C(=O)OC(C)(C)C)cc1OC. The van der Waals surface area contributed by atoms with Crippen molar-refractivity contribution in [1.29, 1.82) is 0 Å². The van der Waals surface area contributed by atoms with Crippen molar-refractivity contribution in [2.45, 2.75) is 38.6 Å². The normalized spacial score (nSPS) is 22.0. The van der Waals surface area contributed by atoms with E-state index < -0.39 is 11.8 Å². The summed E-state index contributed by atoms with van der Waals surface area (Å²) in [6.45, 7) is 7.35. The molecular formula is C19H28N4O5. The molecule has 1 aromatic rings. The lowest BCUT2D eigenvalue weighted by Gasteiger charge is -2.40. The highest BCUT2D eigenvalue weighted by Crippen LogP contribution is 2.34. The first kappa shape index (κ1) is 20.1. The topological polar surface area (TPSA) is 84.9 Å². The first-order valence-electron chi connectivity index (χ1n) is 9.24.